The molecule has 11 heteroatoms. The molecule has 0 saturated heterocycles. The highest BCUT2D eigenvalue weighted by molar-refractivity contribution is 9.10. The van der Waals surface area contributed by atoms with Gasteiger partial charge in [-0.2, -0.15) is 5.10 Å². The Morgan fingerprint density at radius 2 is 1.69 bits per heavy atom. The van der Waals surface area contributed by atoms with Crippen LogP contribution in [-0.2, 0) is 9.59 Å². The predicted octanol–water partition coefficient (Wildman–Crippen LogP) is 5.22. The number of ether oxygens (including phenoxy) is 2. The number of nitrogens with one attached hydrogen (secondary N) is 3. The highest BCUT2D eigenvalue weighted by Crippen LogP contribution is 2.24. The van der Waals surface area contributed by atoms with E-state index in [-0.39, 0.29) is 28.9 Å². The second-order valence-corrected chi connectivity index (χ2v) is 10.5. The van der Waals surface area contributed by atoms with E-state index in [9.17, 15) is 19.2 Å². The number of para-hydroxylation sites is 1. The summed E-state index contributed by atoms with van der Waals surface area (Å²) >= 11 is 3.36. The van der Waals surface area contributed by atoms with Crippen LogP contribution in [0.3, 0.4) is 0 Å². The minimum atomic E-state index is -1.04. The molecule has 4 rings (SSSR count). The third-order valence-electron chi connectivity index (χ3n) is 6.51. The van der Waals surface area contributed by atoms with Crippen molar-refractivity contribution in [3.63, 3.8) is 0 Å². The third-order valence-corrected chi connectivity index (χ3v) is 7.01. The molecule has 0 aromatic heterocycles. The topological polar surface area (TPSA) is 135 Å². The standard InChI is InChI=1S/C31H31BrN4O6/c1-2-41-24-15-12-20(13-16-24)31(40)42-27-17-14-22(32)18-21(27)19-33-36-30(39)29(38)35-26-11-7-6-10-25(26)28(37)34-23-8-4-3-5-9-23/h6-7,10-19,23H,2-5,8-9H2,1H3,(H,34,37)(H,35,38)(H,36,39)/b33-19-. The lowest BCUT2D eigenvalue weighted by molar-refractivity contribution is -0.136. The van der Waals surface area contributed by atoms with Crippen molar-refractivity contribution in [1.82, 2.24) is 10.7 Å². The van der Waals surface area contributed by atoms with Crippen LogP contribution in [0.4, 0.5) is 5.69 Å². The first kappa shape index (κ1) is 30.4. The molecule has 218 valence electrons. The van der Waals surface area contributed by atoms with E-state index < -0.39 is 17.8 Å². The monoisotopic (exact) mass is 634 g/mol. The zero-order valence-electron chi connectivity index (χ0n) is 23.0. The first-order chi connectivity index (χ1) is 20.3. The molecule has 0 unspecified atom stereocenters. The van der Waals surface area contributed by atoms with E-state index in [1.54, 1.807) is 66.7 Å². The first-order valence-corrected chi connectivity index (χ1v) is 14.4. The lowest BCUT2D eigenvalue weighted by atomic mass is 9.95. The maximum Gasteiger partial charge on any atom is 0.343 e. The molecule has 1 aliphatic carbocycles. The Morgan fingerprint density at radius 3 is 2.43 bits per heavy atom. The van der Waals surface area contributed by atoms with Crippen molar-refractivity contribution in [3.05, 3.63) is 87.9 Å². The second kappa shape index (κ2) is 14.9. The van der Waals surface area contributed by atoms with E-state index in [4.69, 9.17) is 9.47 Å². The number of hydrogen-bond donors (Lipinski definition) is 3. The van der Waals surface area contributed by atoms with Gasteiger partial charge in [0.25, 0.3) is 5.91 Å². The van der Waals surface area contributed by atoms with Crippen molar-refractivity contribution in [3.8, 4) is 11.5 Å². The maximum atomic E-state index is 12.9. The highest BCUT2D eigenvalue weighted by atomic mass is 79.9. The van der Waals surface area contributed by atoms with Crippen LogP contribution in [0.2, 0.25) is 0 Å². The summed E-state index contributed by atoms with van der Waals surface area (Å²) in [6.07, 6.45) is 6.38. The smallest absolute Gasteiger partial charge is 0.343 e. The van der Waals surface area contributed by atoms with Crippen LogP contribution < -0.4 is 25.5 Å². The van der Waals surface area contributed by atoms with Gasteiger partial charge in [-0.05, 0) is 74.4 Å². The Labute approximate surface area is 252 Å². The van der Waals surface area contributed by atoms with E-state index in [1.165, 1.54) is 6.21 Å². The number of amides is 3. The van der Waals surface area contributed by atoms with E-state index in [1.807, 2.05) is 6.92 Å². The number of hydrazone groups is 1. The molecule has 0 radical (unpaired) electrons. The van der Waals surface area contributed by atoms with Crippen LogP contribution in [-0.4, -0.2) is 42.6 Å². The molecule has 1 aliphatic rings. The van der Waals surface area contributed by atoms with Gasteiger partial charge in [0.05, 0.1) is 29.6 Å². The zero-order valence-corrected chi connectivity index (χ0v) is 24.6. The average Bonchev–Trinajstić information content (AvgIpc) is 2.99. The van der Waals surface area contributed by atoms with Gasteiger partial charge in [-0.3, -0.25) is 14.4 Å². The van der Waals surface area contributed by atoms with E-state index in [2.05, 4.69) is 37.1 Å². The summed E-state index contributed by atoms with van der Waals surface area (Å²) in [4.78, 5) is 50.6. The van der Waals surface area contributed by atoms with Gasteiger partial charge in [-0.25, -0.2) is 10.2 Å². The molecule has 3 amide bonds. The van der Waals surface area contributed by atoms with Crippen molar-refractivity contribution < 1.29 is 28.7 Å². The van der Waals surface area contributed by atoms with E-state index in [0.717, 1.165) is 32.1 Å². The molecular weight excluding hydrogens is 604 g/mol. The molecule has 3 aromatic carbocycles. The Balaban J connectivity index is 1.37. The molecule has 1 saturated carbocycles. The van der Waals surface area contributed by atoms with Gasteiger partial charge in [-0.1, -0.05) is 47.3 Å². The number of hydrogen-bond acceptors (Lipinski definition) is 7. The minimum Gasteiger partial charge on any atom is -0.494 e. The minimum absolute atomic E-state index is 0.0933. The number of nitrogens with zero attached hydrogens (tertiary/aromatic N) is 1. The Kier molecular flexibility index (Phi) is 10.8. The molecule has 0 spiro atoms. The molecule has 3 N–H and O–H groups in total. The van der Waals surface area contributed by atoms with Crippen LogP contribution in [0.25, 0.3) is 0 Å². The lowest BCUT2D eigenvalue weighted by Gasteiger charge is -2.23. The number of rotatable bonds is 9. The molecule has 42 heavy (non-hydrogen) atoms. The summed E-state index contributed by atoms with van der Waals surface area (Å²) in [5.74, 6) is -2.12. The third kappa shape index (κ3) is 8.50. The second-order valence-electron chi connectivity index (χ2n) is 9.54. The summed E-state index contributed by atoms with van der Waals surface area (Å²) in [6, 6.07) is 18.0. The normalized spacial score (nSPS) is 13.3. The summed E-state index contributed by atoms with van der Waals surface area (Å²) in [6.45, 7) is 2.38. The van der Waals surface area contributed by atoms with Crippen molar-refractivity contribution in [1.29, 1.82) is 0 Å². The van der Waals surface area contributed by atoms with Crippen molar-refractivity contribution >= 4 is 51.5 Å². The SMILES string of the molecule is CCOc1ccc(C(=O)Oc2ccc(Br)cc2/C=N\NC(=O)C(=O)Nc2ccccc2C(=O)NC2CCCCC2)cc1. The molecule has 0 atom stereocenters. The maximum absolute atomic E-state index is 12.9. The number of esters is 1. The van der Waals surface area contributed by atoms with E-state index >= 15 is 0 Å². The van der Waals surface area contributed by atoms with Crippen LogP contribution in [0, 0.1) is 0 Å². The van der Waals surface area contributed by atoms with Crippen LogP contribution in [0.15, 0.2) is 76.3 Å². The lowest BCUT2D eigenvalue weighted by Crippen LogP contribution is -2.37. The largest absolute Gasteiger partial charge is 0.494 e. The molecular formula is C31H31BrN4O6. The summed E-state index contributed by atoms with van der Waals surface area (Å²) in [5.41, 5.74) is 3.33. The van der Waals surface area contributed by atoms with Gasteiger partial charge in [0.2, 0.25) is 0 Å². The number of halogens is 1. The molecule has 1 fully saturated rings. The van der Waals surface area contributed by atoms with Gasteiger partial charge in [0, 0.05) is 16.1 Å². The summed E-state index contributed by atoms with van der Waals surface area (Å²) < 4.78 is 11.6. The molecule has 0 heterocycles. The van der Waals surface area contributed by atoms with Crippen molar-refractivity contribution in [2.45, 2.75) is 45.1 Å². The van der Waals surface area contributed by atoms with Gasteiger partial charge < -0.3 is 20.1 Å². The number of carbonyl (C=O) groups is 4. The fraction of sp³-hybridized carbons (Fsp3) is 0.258. The highest BCUT2D eigenvalue weighted by Gasteiger charge is 2.21. The Morgan fingerprint density at radius 1 is 0.952 bits per heavy atom. The summed E-state index contributed by atoms with van der Waals surface area (Å²) in [7, 11) is 0. The number of carbonyl (C=O) groups excluding carboxylic acids is 4. The number of benzene rings is 3. The quantitative estimate of drug-likeness (QED) is 0.0971. The predicted molar refractivity (Wildman–Crippen MR) is 162 cm³/mol. The van der Waals surface area contributed by atoms with Crippen LogP contribution in [0.5, 0.6) is 11.5 Å². The number of anilines is 1. The van der Waals surface area contributed by atoms with Crippen LogP contribution >= 0.6 is 15.9 Å². The first-order valence-electron chi connectivity index (χ1n) is 13.6. The fourth-order valence-electron chi connectivity index (χ4n) is 4.42. The molecule has 10 nitrogen and oxygen atoms in total. The van der Waals surface area contributed by atoms with Gasteiger partial charge in [0.1, 0.15) is 11.5 Å². The van der Waals surface area contributed by atoms with Gasteiger partial charge in [-0.15, -0.1) is 0 Å². The molecule has 0 bridgehead atoms. The molecule has 3 aromatic rings. The average molecular weight is 636 g/mol. The van der Waals surface area contributed by atoms with Gasteiger partial charge >= 0.3 is 17.8 Å². The summed E-state index contributed by atoms with van der Waals surface area (Å²) in [5, 5.41) is 9.35. The van der Waals surface area contributed by atoms with Crippen molar-refractivity contribution in [2.24, 2.45) is 5.10 Å². The zero-order chi connectivity index (χ0) is 29.9. The Hall–Kier alpha value is -4.51. The van der Waals surface area contributed by atoms with E-state index in [0.29, 0.717) is 28.0 Å². The fourth-order valence-corrected chi connectivity index (χ4v) is 4.80. The Bertz CT molecular complexity index is 1470. The van der Waals surface area contributed by atoms with Gasteiger partial charge in [0.15, 0.2) is 0 Å². The van der Waals surface area contributed by atoms with Crippen LogP contribution in [0.1, 0.15) is 65.3 Å². The van der Waals surface area contributed by atoms with Crippen molar-refractivity contribution in [2.75, 3.05) is 11.9 Å². The molecule has 0 aliphatic heterocycles.